The van der Waals surface area contributed by atoms with E-state index in [0.717, 1.165) is 19.5 Å². The lowest BCUT2D eigenvalue weighted by atomic mass is 10.0. The molecule has 0 saturated heterocycles. The van der Waals surface area contributed by atoms with Crippen molar-refractivity contribution in [3.8, 4) is 0 Å². The SMILES string of the molecule is CCN(CC(=O)NCCCOC)C1CCCC1CN. The summed E-state index contributed by atoms with van der Waals surface area (Å²) in [5.74, 6) is 0.668. The highest BCUT2D eigenvalue weighted by Crippen LogP contribution is 2.28. The van der Waals surface area contributed by atoms with Crippen LogP contribution in [0.3, 0.4) is 0 Å². The van der Waals surface area contributed by atoms with Crippen LogP contribution in [0.25, 0.3) is 0 Å². The van der Waals surface area contributed by atoms with Crippen molar-refractivity contribution in [2.45, 2.75) is 38.6 Å². The summed E-state index contributed by atoms with van der Waals surface area (Å²) in [6, 6.07) is 0.486. The molecule has 1 amide bonds. The van der Waals surface area contributed by atoms with E-state index < -0.39 is 0 Å². The Bertz CT molecular complexity index is 261. The molecule has 0 aromatic rings. The van der Waals surface area contributed by atoms with Crippen LogP contribution in [0.1, 0.15) is 32.6 Å². The number of methoxy groups -OCH3 is 1. The molecule has 5 nitrogen and oxygen atoms in total. The third-order valence-electron chi connectivity index (χ3n) is 3.99. The monoisotopic (exact) mass is 271 g/mol. The molecule has 0 bridgehead atoms. The molecule has 0 spiro atoms. The predicted octanol–water partition coefficient (Wildman–Crippen LogP) is 0.588. The number of likely N-dealkylation sites (N-methyl/N-ethyl adjacent to an activating group) is 1. The molecule has 0 heterocycles. The number of ether oxygens (including phenoxy) is 1. The minimum absolute atomic E-state index is 0.112. The molecule has 3 N–H and O–H groups in total. The van der Waals surface area contributed by atoms with Gasteiger partial charge in [-0.1, -0.05) is 13.3 Å². The van der Waals surface area contributed by atoms with E-state index in [0.29, 0.717) is 31.7 Å². The first-order valence-corrected chi connectivity index (χ1v) is 7.42. The maximum absolute atomic E-state index is 11.9. The smallest absolute Gasteiger partial charge is 0.234 e. The first kappa shape index (κ1) is 16.4. The summed E-state index contributed by atoms with van der Waals surface area (Å²) in [5, 5.41) is 2.95. The zero-order chi connectivity index (χ0) is 14.1. The standard InChI is InChI=1S/C14H29N3O2/c1-3-17(13-7-4-6-12(13)10-15)11-14(18)16-8-5-9-19-2/h12-13H,3-11,15H2,1-2H3,(H,16,18). The molecule has 1 aliphatic rings. The van der Waals surface area contributed by atoms with E-state index in [1.54, 1.807) is 7.11 Å². The molecule has 0 radical (unpaired) electrons. The van der Waals surface area contributed by atoms with Crippen LogP contribution in [-0.2, 0) is 9.53 Å². The van der Waals surface area contributed by atoms with Crippen molar-refractivity contribution in [1.82, 2.24) is 10.2 Å². The lowest BCUT2D eigenvalue weighted by Crippen LogP contribution is -2.45. The molecule has 112 valence electrons. The van der Waals surface area contributed by atoms with Crippen LogP contribution in [0, 0.1) is 5.92 Å². The Labute approximate surface area is 116 Å². The van der Waals surface area contributed by atoms with Crippen molar-refractivity contribution >= 4 is 5.91 Å². The van der Waals surface area contributed by atoms with Crippen LogP contribution in [0.2, 0.25) is 0 Å². The van der Waals surface area contributed by atoms with Crippen molar-refractivity contribution in [2.75, 3.05) is 39.9 Å². The van der Waals surface area contributed by atoms with Crippen molar-refractivity contribution < 1.29 is 9.53 Å². The number of amides is 1. The number of hydrogen-bond acceptors (Lipinski definition) is 4. The molecule has 19 heavy (non-hydrogen) atoms. The molecule has 0 aromatic heterocycles. The third-order valence-corrected chi connectivity index (χ3v) is 3.99. The van der Waals surface area contributed by atoms with Gasteiger partial charge < -0.3 is 15.8 Å². The van der Waals surface area contributed by atoms with Gasteiger partial charge in [-0.05, 0) is 38.3 Å². The molecule has 1 saturated carbocycles. The highest BCUT2D eigenvalue weighted by Gasteiger charge is 2.31. The second-order valence-electron chi connectivity index (χ2n) is 5.25. The van der Waals surface area contributed by atoms with Crippen LogP contribution in [-0.4, -0.2) is 56.7 Å². The maximum Gasteiger partial charge on any atom is 0.234 e. The number of nitrogens with one attached hydrogen (secondary N) is 1. The molecule has 1 rings (SSSR count). The van der Waals surface area contributed by atoms with E-state index in [1.807, 2.05) is 0 Å². The molecule has 2 unspecified atom stereocenters. The van der Waals surface area contributed by atoms with E-state index in [4.69, 9.17) is 10.5 Å². The van der Waals surface area contributed by atoms with Crippen LogP contribution in [0.15, 0.2) is 0 Å². The molecule has 5 heteroatoms. The van der Waals surface area contributed by atoms with E-state index in [2.05, 4.69) is 17.1 Å². The van der Waals surface area contributed by atoms with Crippen molar-refractivity contribution in [1.29, 1.82) is 0 Å². The van der Waals surface area contributed by atoms with Gasteiger partial charge in [-0.2, -0.15) is 0 Å². The van der Waals surface area contributed by atoms with Gasteiger partial charge in [-0.25, -0.2) is 0 Å². The van der Waals surface area contributed by atoms with Gasteiger partial charge in [0.1, 0.15) is 0 Å². The fourth-order valence-corrected chi connectivity index (χ4v) is 2.92. The largest absolute Gasteiger partial charge is 0.385 e. The summed E-state index contributed by atoms with van der Waals surface area (Å²) >= 11 is 0. The first-order valence-electron chi connectivity index (χ1n) is 7.42. The first-order chi connectivity index (χ1) is 9.22. The molecule has 1 fully saturated rings. The quantitative estimate of drug-likeness (QED) is 0.602. The maximum atomic E-state index is 11.9. The summed E-state index contributed by atoms with van der Waals surface area (Å²) in [7, 11) is 1.67. The van der Waals surface area contributed by atoms with Gasteiger partial charge in [0.2, 0.25) is 5.91 Å². The van der Waals surface area contributed by atoms with Gasteiger partial charge in [0.25, 0.3) is 0 Å². The minimum atomic E-state index is 0.112. The minimum Gasteiger partial charge on any atom is -0.385 e. The zero-order valence-electron chi connectivity index (χ0n) is 12.4. The van der Waals surface area contributed by atoms with Crippen LogP contribution < -0.4 is 11.1 Å². The lowest BCUT2D eigenvalue weighted by Gasteiger charge is -2.31. The summed E-state index contributed by atoms with van der Waals surface area (Å²) in [4.78, 5) is 14.2. The van der Waals surface area contributed by atoms with Crippen molar-refractivity contribution in [2.24, 2.45) is 11.7 Å². The number of rotatable bonds is 9. The molecular formula is C14H29N3O2. The van der Waals surface area contributed by atoms with Gasteiger partial charge in [-0.15, -0.1) is 0 Å². The molecular weight excluding hydrogens is 242 g/mol. The Morgan fingerprint density at radius 2 is 2.26 bits per heavy atom. The number of nitrogens with zero attached hydrogens (tertiary/aromatic N) is 1. The van der Waals surface area contributed by atoms with Gasteiger partial charge in [0.05, 0.1) is 6.54 Å². The second-order valence-corrected chi connectivity index (χ2v) is 5.25. The topological polar surface area (TPSA) is 67.6 Å². The van der Waals surface area contributed by atoms with E-state index in [1.165, 1.54) is 19.3 Å². The van der Waals surface area contributed by atoms with Gasteiger partial charge in [-0.3, -0.25) is 9.69 Å². The Morgan fingerprint density at radius 1 is 1.47 bits per heavy atom. The summed E-state index contributed by atoms with van der Waals surface area (Å²) in [6.07, 6.45) is 4.47. The normalized spacial score (nSPS) is 22.9. The summed E-state index contributed by atoms with van der Waals surface area (Å²) in [6.45, 7) is 5.63. The number of hydrogen-bond donors (Lipinski definition) is 2. The Balaban J connectivity index is 2.32. The average molecular weight is 271 g/mol. The van der Waals surface area contributed by atoms with Crippen LogP contribution in [0.5, 0.6) is 0 Å². The number of carbonyl (C=O) groups is 1. The van der Waals surface area contributed by atoms with E-state index in [9.17, 15) is 4.79 Å². The summed E-state index contributed by atoms with van der Waals surface area (Å²) < 4.78 is 4.96. The fraction of sp³-hybridized carbons (Fsp3) is 0.929. The number of nitrogens with two attached hydrogens (primary N) is 1. The Hall–Kier alpha value is -0.650. The average Bonchev–Trinajstić information content (AvgIpc) is 2.89. The predicted molar refractivity (Wildman–Crippen MR) is 76.9 cm³/mol. The highest BCUT2D eigenvalue weighted by molar-refractivity contribution is 5.78. The Kier molecular flexibility index (Phi) is 8.02. The Morgan fingerprint density at radius 3 is 2.89 bits per heavy atom. The van der Waals surface area contributed by atoms with E-state index >= 15 is 0 Å². The van der Waals surface area contributed by atoms with E-state index in [-0.39, 0.29) is 5.91 Å². The summed E-state index contributed by atoms with van der Waals surface area (Å²) in [5.41, 5.74) is 5.82. The zero-order valence-corrected chi connectivity index (χ0v) is 12.4. The number of carbonyl (C=O) groups excluding carboxylic acids is 1. The molecule has 1 aliphatic carbocycles. The molecule has 0 aromatic carbocycles. The van der Waals surface area contributed by atoms with Crippen LogP contribution >= 0.6 is 0 Å². The van der Waals surface area contributed by atoms with Crippen molar-refractivity contribution in [3.05, 3.63) is 0 Å². The van der Waals surface area contributed by atoms with Gasteiger partial charge in [0, 0.05) is 26.3 Å². The molecule has 2 atom stereocenters. The second kappa shape index (κ2) is 9.28. The van der Waals surface area contributed by atoms with Gasteiger partial charge in [0.15, 0.2) is 0 Å². The lowest BCUT2D eigenvalue weighted by molar-refractivity contribution is -0.123. The van der Waals surface area contributed by atoms with Crippen LogP contribution in [0.4, 0.5) is 0 Å². The van der Waals surface area contributed by atoms with Gasteiger partial charge >= 0.3 is 0 Å². The fourth-order valence-electron chi connectivity index (χ4n) is 2.92. The molecule has 0 aliphatic heterocycles. The third kappa shape index (κ3) is 5.47. The van der Waals surface area contributed by atoms with Crippen molar-refractivity contribution in [3.63, 3.8) is 0 Å². The highest BCUT2D eigenvalue weighted by atomic mass is 16.5.